The molecular weight excluding hydrogens is 336 g/mol. The summed E-state index contributed by atoms with van der Waals surface area (Å²) >= 11 is 5.88. The van der Waals surface area contributed by atoms with Crippen LogP contribution < -0.4 is 10.2 Å². The van der Waals surface area contributed by atoms with Crippen LogP contribution in [0.5, 0.6) is 0 Å². The molecule has 0 aliphatic carbocycles. The van der Waals surface area contributed by atoms with E-state index in [2.05, 4.69) is 20.2 Å². The Morgan fingerprint density at radius 3 is 2.76 bits per heavy atom. The molecule has 1 atom stereocenters. The molecule has 0 bridgehead atoms. The molecule has 3 rings (SSSR count). The first-order valence-corrected chi connectivity index (χ1v) is 9.14. The zero-order valence-electron chi connectivity index (χ0n) is 14.2. The van der Waals surface area contributed by atoms with Gasteiger partial charge in [-0.2, -0.15) is 0 Å². The topological polar surface area (TPSA) is 58.1 Å². The minimum atomic E-state index is 0.120. The molecule has 132 valence electrons. The highest BCUT2D eigenvalue weighted by molar-refractivity contribution is 6.30. The summed E-state index contributed by atoms with van der Waals surface area (Å²) in [6.07, 6.45) is 7.81. The van der Waals surface area contributed by atoms with E-state index in [1.165, 1.54) is 5.56 Å². The smallest absolute Gasteiger partial charge is 0.225 e. The monoisotopic (exact) mass is 358 g/mol. The Kier molecular flexibility index (Phi) is 6.23. The molecule has 1 fully saturated rings. The van der Waals surface area contributed by atoms with Gasteiger partial charge in [0.2, 0.25) is 11.9 Å². The molecular formula is C19H23ClN4O. The fraction of sp³-hybridized carbons (Fsp3) is 0.421. The lowest BCUT2D eigenvalue weighted by Gasteiger charge is -2.33. The van der Waals surface area contributed by atoms with E-state index in [1.54, 1.807) is 12.4 Å². The number of piperidine rings is 1. The van der Waals surface area contributed by atoms with Crippen molar-refractivity contribution < 1.29 is 4.79 Å². The predicted molar refractivity (Wildman–Crippen MR) is 99.8 cm³/mol. The van der Waals surface area contributed by atoms with Gasteiger partial charge in [0.05, 0.1) is 0 Å². The molecule has 1 unspecified atom stereocenters. The number of benzene rings is 1. The number of amides is 1. The van der Waals surface area contributed by atoms with Gasteiger partial charge in [-0.1, -0.05) is 23.7 Å². The molecule has 0 radical (unpaired) electrons. The van der Waals surface area contributed by atoms with Crippen LogP contribution in [0.25, 0.3) is 0 Å². The lowest BCUT2D eigenvalue weighted by atomic mass is 10.0. The fourth-order valence-electron chi connectivity index (χ4n) is 3.14. The summed E-state index contributed by atoms with van der Waals surface area (Å²) in [6.45, 7) is 1.71. The largest absolute Gasteiger partial charge is 0.352 e. The number of hydrogen-bond donors (Lipinski definition) is 1. The molecule has 2 heterocycles. The SMILES string of the molecule is O=C(CCCc1ccc(Cl)cc1)NC1CCCN(c2ncccn2)C1. The molecule has 1 amide bonds. The van der Waals surface area contributed by atoms with Gasteiger partial charge in [-0.05, 0) is 49.4 Å². The molecule has 1 aliphatic heterocycles. The van der Waals surface area contributed by atoms with Crippen molar-refractivity contribution in [2.75, 3.05) is 18.0 Å². The van der Waals surface area contributed by atoms with Gasteiger partial charge in [0.25, 0.3) is 0 Å². The molecule has 5 nitrogen and oxygen atoms in total. The number of nitrogens with zero attached hydrogens (tertiary/aromatic N) is 3. The average Bonchev–Trinajstić information content (AvgIpc) is 2.64. The maximum Gasteiger partial charge on any atom is 0.225 e. The van der Waals surface area contributed by atoms with E-state index in [4.69, 9.17) is 11.6 Å². The first kappa shape index (κ1) is 17.7. The molecule has 0 saturated carbocycles. The van der Waals surface area contributed by atoms with Gasteiger partial charge < -0.3 is 10.2 Å². The average molecular weight is 359 g/mol. The van der Waals surface area contributed by atoms with Crippen LogP contribution in [-0.4, -0.2) is 35.0 Å². The van der Waals surface area contributed by atoms with Crippen LogP contribution >= 0.6 is 11.6 Å². The lowest BCUT2D eigenvalue weighted by molar-refractivity contribution is -0.121. The van der Waals surface area contributed by atoms with E-state index in [1.807, 2.05) is 30.3 Å². The van der Waals surface area contributed by atoms with Gasteiger partial charge in [-0.25, -0.2) is 9.97 Å². The second-order valence-corrected chi connectivity index (χ2v) is 6.82. The number of aryl methyl sites for hydroxylation is 1. The maximum atomic E-state index is 12.2. The molecule has 6 heteroatoms. The fourth-order valence-corrected chi connectivity index (χ4v) is 3.26. The van der Waals surface area contributed by atoms with Gasteiger partial charge in [0.15, 0.2) is 0 Å². The van der Waals surface area contributed by atoms with E-state index in [0.29, 0.717) is 6.42 Å². The molecule has 1 N–H and O–H groups in total. The Hall–Kier alpha value is -2.14. The number of anilines is 1. The van der Waals surface area contributed by atoms with Crippen LogP contribution in [-0.2, 0) is 11.2 Å². The van der Waals surface area contributed by atoms with Crippen molar-refractivity contribution in [3.63, 3.8) is 0 Å². The van der Waals surface area contributed by atoms with Gasteiger partial charge >= 0.3 is 0 Å². The van der Waals surface area contributed by atoms with Crippen molar-refractivity contribution in [1.29, 1.82) is 0 Å². The van der Waals surface area contributed by atoms with Crippen LogP contribution in [0.2, 0.25) is 5.02 Å². The van der Waals surface area contributed by atoms with E-state index < -0.39 is 0 Å². The van der Waals surface area contributed by atoms with Crippen LogP contribution in [0.3, 0.4) is 0 Å². The van der Waals surface area contributed by atoms with Crippen molar-refractivity contribution in [3.8, 4) is 0 Å². The summed E-state index contributed by atoms with van der Waals surface area (Å²) in [5.74, 6) is 0.860. The third-order valence-corrected chi connectivity index (χ3v) is 4.66. The quantitative estimate of drug-likeness (QED) is 0.861. The third-order valence-electron chi connectivity index (χ3n) is 4.40. The van der Waals surface area contributed by atoms with E-state index >= 15 is 0 Å². The Labute approximate surface area is 153 Å². The highest BCUT2D eigenvalue weighted by Gasteiger charge is 2.22. The summed E-state index contributed by atoms with van der Waals surface area (Å²) in [5.41, 5.74) is 1.21. The molecule has 2 aromatic rings. The minimum absolute atomic E-state index is 0.120. The highest BCUT2D eigenvalue weighted by atomic mass is 35.5. The van der Waals surface area contributed by atoms with Gasteiger partial charge in [0, 0.05) is 43.0 Å². The molecule has 25 heavy (non-hydrogen) atoms. The second kappa shape index (κ2) is 8.81. The summed E-state index contributed by atoms with van der Waals surface area (Å²) < 4.78 is 0. The normalized spacial score (nSPS) is 17.3. The van der Waals surface area contributed by atoms with E-state index in [0.717, 1.165) is 49.7 Å². The third kappa shape index (κ3) is 5.43. The van der Waals surface area contributed by atoms with Crippen LogP contribution in [0.1, 0.15) is 31.2 Å². The zero-order chi connectivity index (χ0) is 17.5. The Morgan fingerprint density at radius 2 is 2.00 bits per heavy atom. The highest BCUT2D eigenvalue weighted by Crippen LogP contribution is 2.16. The van der Waals surface area contributed by atoms with Crippen molar-refractivity contribution in [1.82, 2.24) is 15.3 Å². The predicted octanol–water partition coefficient (Wildman–Crippen LogP) is 3.24. The summed E-state index contributed by atoms with van der Waals surface area (Å²) in [6, 6.07) is 9.78. The standard InChI is InChI=1S/C19H23ClN4O/c20-16-9-7-15(8-10-16)4-1-6-18(25)23-17-5-2-13-24(14-17)19-21-11-3-12-22-19/h3,7-12,17H,1-2,4-6,13-14H2,(H,23,25). The first-order valence-electron chi connectivity index (χ1n) is 8.76. The number of carbonyl (C=O) groups excluding carboxylic acids is 1. The van der Waals surface area contributed by atoms with Gasteiger partial charge in [0.1, 0.15) is 0 Å². The minimum Gasteiger partial charge on any atom is -0.352 e. The number of rotatable bonds is 6. The van der Waals surface area contributed by atoms with Gasteiger partial charge in [-0.15, -0.1) is 0 Å². The Balaban J connectivity index is 1.42. The maximum absolute atomic E-state index is 12.2. The van der Waals surface area contributed by atoms with E-state index in [9.17, 15) is 4.79 Å². The summed E-state index contributed by atoms with van der Waals surface area (Å²) in [5, 5.41) is 3.90. The number of aromatic nitrogens is 2. The molecule has 1 aromatic carbocycles. The zero-order valence-corrected chi connectivity index (χ0v) is 15.0. The Bertz CT molecular complexity index is 678. The first-order chi connectivity index (χ1) is 12.2. The molecule has 0 spiro atoms. The summed E-state index contributed by atoms with van der Waals surface area (Å²) in [4.78, 5) is 23.0. The van der Waals surface area contributed by atoms with Crippen LogP contribution in [0.4, 0.5) is 5.95 Å². The van der Waals surface area contributed by atoms with Crippen LogP contribution in [0, 0.1) is 0 Å². The number of carbonyl (C=O) groups is 1. The van der Waals surface area contributed by atoms with Crippen molar-refractivity contribution in [2.45, 2.75) is 38.1 Å². The van der Waals surface area contributed by atoms with Crippen molar-refractivity contribution in [3.05, 3.63) is 53.3 Å². The molecule has 1 saturated heterocycles. The Morgan fingerprint density at radius 1 is 1.24 bits per heavy atom. The van der Waals surface area contributed by atoms with Crippen molar-refractivity contribution in [2.24, 2.45) is 0 Å². The number of nitrogens with one attached hydrogen (secondary N) is 1. The molecule has 1 aliphatic rings. The number of halogens is 1. The number of hydrogen-bond acceptors (Lipinski definition) is 4. The lowest BCUT2D eigenvalue weighted by Crippen LogP contribution is -2.48. The summed E-state index contributed by atoms with van der Waals surface area (Å²) in [7, 11) is 0. The van der Waals surface area contributed by atoms with E-state index in [-0.39, 0.29) is 11.9 Å². The molecule has 1 aromatic heterocycles. The second-order valence-electron chi connectivity index (χ2n) is 6.38. The van der Waals surface area contributed by atoms with Gasteiger partial charge in [-0.3, -0.25) is 4.79 Å². The van der Waals surface area contributed by atoms with Crippen molar-refractivity contribution >= 4 is 23.5 Å². The van der Waals surface area contributed by atoms with Crippen LogP contribution in [0.15, 0.2) is 42.7 Å².